The average Bonchev–Trinajstić information content (AvgIpc) is 2.54. The van der Waals surface area contributed by atoms with Crippen LogP contribution in [0.5, 0.6) is 11.5 Å². The topological polar surface area (TPSA) is 68.8 Å². The van der Waals surface area contributed by atoms with Gasteiger partial charge in [0.1, 0.15) is 0 Å². The molecule has 1 aromatic rings. The number of benzene rings is 1. The van der Waals surface area contributed by atoms with E-state index < -0.39 is 0 Å². The Morgan fingerprint density at radius 1 is 1.09 bits per heavy atom. The molecule has 1 aromatic carbocycles. The molecule has 0 saturated carbocycles. The fourth-order valence-electron chi connectivity index (χ4n) is 2.35. The van der Waals surface area contributed by atoms with E-state index in [0.29, 0.717) is 37.1 Å². The van der Waals surface area contributed by atoms with Gasteiger partial charge in [0, 0.05) is 26.1 Å². The second-order valence-electron chi connectivity index (χ2n) is 5.59. The fourth-order valence-corrected chi connectivity index (χ4v) is 2.35. The van der Waals surface area contributed by atoms with Gasteiger partial charge >= 0.3 is 6.03 Å². The first-order valence-corrected chi connectivity index (χ1v) is 7.76. The van der Waals surface area contributed by atoms with Crippen LogP contribution in [-0.2, 0) is 4.74 Å². The van der Waals surface area contributed by atoms with Crippen molar-refractivity contribution < 1.29 is 19.0 Å². The fraction of sp³-hybridized carbons (Fsp3) is 0.588. The van der Waals surface area contributed by atoms with Gasteiger partial charge in [-0.1, -0.05) is 19.9 Å². The molecular weight excluding hydrogens is 296 g/mol. The van der Waals surface area contributed by atoms with Gasteiger partial charge < -0.3 is 24.8 Å². The molecule has 0 aliphatic carbocycles. The molecule has 1 rings (SSSR count). The highest BCUT2D eigenvalue weighted by atomic mass is 16.5. The number of nitrogens with one attached hydrogen (secondary N) is 2. The zero-order valence-corrected chi connectivity index (χ0v) is 14.6. The van der Waals surface area contributed by atoms with Gasteiger partial charge in [-0.25, -0.2) is 4.79 Å². The molecule has 0 fully saturated rings. The van der Waals surface area contributed by atoms with Crippen molar-refractivity contribution >= 4 is 6.03 Å². The van der Waals surface area contributed by atoms with Gasteiger partial charge in [-0.3, -0.25) is 0 Å². The van der Waals surface area contributed by atoms with E-state index in [1.807, 2.05) is 18.2 Å². The molecule has 6 nitrogen and oxygen atoms in total. The summed E-state index contributed by atoms with van der Waals surface area (Å²) < 4.78 is 15.5. The third-order valence-corrected chi connectivity index (χ3v) is 3.71. The summed E-state index contributed by atoms with van der Waals surface area (Å²) in [4.78, 5) is 11.8. The van der Waals surface area contributed by atoms with Crippen molar-refractivity contribution in [2.75, 3.05) is 41.0 Å². The van der Waals surface area contributed by atoms with Gasteiger partial charge in [0.2, 0.25) is 0 Å². The summed E-state index contributed by atoms with van der Waals surface area (Å²) in [6.07, 6.45) is 0. The molecule has 0 spiro atoms. The number of methoxy groups -OCH3 is 3. The molecule has 0 radical (unpaired) electrons. The van der Waals surface area contributed by atoms with Crippen molar-refractivity contribution in [1.29, 1.82) is 0 Å². The lowest BCUT2D eigenvalue weighted by atomic mass is 9.88. The standard InChI is InChI=1S/C17H28N2O4/c1-12(2)14(11-19-17(20)18-8-9-21-3)13-6-7-15(22-4)16(10-13)23-5/h6-7,10,12,14H,8-9,11H2,1-5H3,(H2,18,19,20). The molecule has 6 heteroatoms. The number of amides is 2. The molecule has 0 aliphatic rings. The Morgan fingerprint density at radius 3 is 2.35 bits per heavy atom. The Kier molecular flexibility index (Phi) is 8.26. The van der Waals surface area contributed by atoms with Crippen LogP contribution in [0.25, 0.3) is 0 Å². The molecule has 2 N–H and O–H groups in total. The van der Waals surface area contributed by atoms with Crippen LogP contribution in [0.4, 0.5) is 4.79 Å². The Morgan fingerprint density at radius 2 is 1.78 bits per heavy atom. The summed E-state index contributed by atoms with van der Waals surface area (Å²) in [6, 6.07) is 5.68. The highest BCUT2D eigenvalue weighted by molar-refractivity contribution is 5.73. The first-order valence-electron chi connectivity index (χ1n) is 7.76. The van der Waals surface area contributed by atoms with E-state index in [1.165, 1.54) is 0 Å². The van der Waals surface area contributed by atoms with Gasteiger partial charge in [-0.2, -0.15) is 0 Å². The van der Waals surface area contributed by atoms with Gasteiger partial charge in [0.25, 0.3) is 0 Å². The Hall–Kier alpha value is -1.95. The second-order valence-corrected chi connectivity index (χ2v) is 5.59. The van der Waals surface area contributed by atoms with Gasteiger partial charge in [0.05, 0.1) is 20.8 Å². The van der Waals surface area contributed by atoms with E-state index in [0.717, 1.165) is 5.56 Å². The normalized spacial score (nSPS) is 11.9. The van der Waals surface area contributed by atoms with Crippen molar-refractivity contribution in [3.05, 3.63) is 23.8 Å². The number of ether oxygens (including phenoxy) is 3. The minimum absolute atomic E-state index is 0.183. The first kappa shape index (κ1) is 19.1. The van der Waals surface area contributed by atoms with E-state index in [4.69, 9.17) is 14.2 Å². The van der Waals surface area contributed by atoms with E-state index in [2.05, 4.69) is 24.5 Å². The third kappa shape index (κ3) is 5.98. The molecule has 0 saturated heterocycles. The summed E-state index contributed by atoms with van der Waals surface area (Å²) in [5.41, 5.74) is 1.11. The number of carbonyl (C=O) groups excluding carboxylic acids is 1. The van der Waals surface area contributed by atoms with Crippen LogP contribution < -0.4 is 20.1 Å². The number of urea groups is 1. The van der Waals surface area contributed by atoms with Crippen LogP contribution in [0, 0.1) is 5.92 Å². The lowest BCUT2D eigenvalue weighted by Crippen LogP contribution is -2.39. The van der Waals surface area contributed by atoms with E-state index in [-0.39, 0.29) is 11.9 Å². The zero-order valence-electron chi connectivity index (χ0n) is 14.6. The highest BCUT2D eigenvalue weighted by Gasteiger charge is 2.18. The van der Waals surface area contributed by atoms with Crippen LogP contribution >= 0.6 is 0 Å². The van der Waals surface area contributed by atoms with Crippen LogP contribution in [-0.4, -0.2) is 47.1 Å². The number of carbonyl (C=O) groups is 1. The summed E-state index contributed by atoms with van der Waals surface area (Å²) in [5, 5.41) is 5.66. The summed E-state index contributed by atoms with van der Waals surface area (Å²) >= 11 is 0. The van der Waals surface area contributed by atoms with Gasteiger partial charge in [-0.05, 0) is 23.6 Å². The third-order valence-electron chi connectivity index (χ3n) is 3.71. The van der Waals surface area contributed by atoms with E-state index in [1.54, 1.807) is 21.3 Å². The zero-order chi connectivity index (χ0) is 17.2. The van der Waals surface area contributed by atoms with Crippen molar-refractivity contribution in [3.8, 4) is 11.5 Å². The molecule has 1 unspecified atom stereocenters. The summed E-state index contributed by atoms with van der Waals surface area (Å²) in [5.74, 6) is 1.94. The molecule has 0 aliphatic heterocycles. The largest absolute Gasteiger partial charge is 0.493 e. The van der Waals surface area contributed by atoms with Crippen molar-refractivity contribution in [2.45, 2.75) is 19.8 Å². The molecular formula is C17H28N2O4. The summed E-state index contributed by atoms with van der Waals surface area (Å²) in [7, 11) is 4.84. The van der Waals surface area contributed by atoms with Crippen molar-refractivity contribution in [2.24, 2.45) is 5.92 Å². The van der Waals surface area contributed by atoms with Gasteiger partial charge in [0.15, 0.2) is 11.5 Å². The minimum Gasteiger partial charge on any atom is -0.493 e. The van der Waals surface area contributed by atoms with Crippen LogP contribution in [0.3, 0.4) is 0 Å². The number of rotatable bonds is 9. The molecule has 1 atom stereocenters. The number of hydrogen-bond acceptors (Lipinski definition) is 4. The average molecular weight is 324 g/mol. The maximum Gasteiger partial charge on any atom is 0.314 e. The predicted octanol–water partition coefficient (Wildman–Crippen LogP) is 2.39. The van der Waals surface area contributed by atoms with Crippen molar-refractivity contribution in [1.82, 2.24) is 10.6 Å². The predicted molar refractivity (Wildman–Crippen MR) is 90.4 cm³/mol. The van der Waals surface area contributed by atoms with Gasteiger partial charge in [-0.15, -0.1) is 0 Å². The SMILES string of the molecule is COCCNC(=O)NCC(c1ccc(OC)c(OC)c1)C(C)C. The van der Waals surface area contributed by atoms with Crippen molar-refractivity contribution in [3.63, 3.8) is 0 Å². The number of hydrogen-bond donors (Lipinski definition) is 2. The molecule has 0 aromatic heterocycles. The maximum atomic E-state index is 11.8. The Balaban J connectivity index is 2.73. The molecule has 0 heterocycles. The van der Waals surface area contributed by atoms with E-state index >= 15 is 0 Å². The Labute approximate surface area is 138 Å². The minimum atomic E-state index is -0.187. The van der Waals surface area contributed by atoms with Crippen LogP contribution in [0.1, 0.15) is 25.3 Å². The van der Waals surface area contributed by atoms with Crippen LogP contribution in [0.2, 0.25) is 0 Å². The quantitative estimate of drug-likeness (QED) is 0.684. The lowest BCUT2D eigenvalue weighted by Gasteiger charge is -2.23. The monoisotopic (exact) mass is 324 g/mol. The molecule has 0 bridgehead atoms. The highest BCUT2D eigenvalue weighted by Crippen LogP contribution is 2.33. The van der Waals surface area contributed by atoms with Crippen LogP contribution in [0.15, 0.2) is 18.2 Å². The maximum absolute atomic E-state index is 11.8. The summed E-state index contributed by atoms with van der Waals surface area (Å²) in [6.45, 7) is 5.80. The molecule has 23 heavy (non-hydrogen) atoms. The lowest BCUT2D eigenvalue weighted by molar-refractivity contribution is 0.195. The second kappa shape index (κ2) is 9.94. The smallest absolute Gasteiger partial charge is 0.314 e. The van der Waals surface area contributed by atoms with E-state index in [9.17, 15) is 4.79 Å². The molecule has 2 amide bonds. The molecule has 130 valence electrons. The first-order chi connectivity index (χ1) is 11.0. The Bertz CT molecular complexity index is 491.